The molecule has 0 amide bonds. The van der Waals surface area contributed by atoms with E-state index in [-0.39, 0.29) is 6.29 Å². The SMILES string of the molecule is O=CC1=CCC=C(OCCOCCOC2CCCCO2)C=C1. The van der Waals surface area contributed by atoms with Crippen LogP contribution in [0.5, 0.6) is 0 Å². The second-order valence-corrected chi connectivity index (χ2v) is 5.13. The Hall–Kier alpha value is -1.43. The first-order chi connectivity index (χ1) is 10.9. The lowest BCUT2D eigenvalue weighted by Gasteiger charge is -2.22. The summed E-state index contributed by atoms with van der Waals surface area (Å²) in [7, 11) is 0. The number of hydrogen-bond donors (Lipinski definition) is 0. The number of allylic oxidation sites excluding steroid dienone is 5. The van der Waals surface area contributed by atoms with Crippen molar-refractivity contribution < 1.29 is 23.7 Å². The summed E-state index contributed by atoms with van der Waals surface area (Å²) in [5.41, 5.74) is 0.674. The van der Waals surface area contributed by atoms with Gasteiger partial charge in [-0.05, 0) is 43.9 Å². The molecule has 1 aliphatic carbocycles. The van der Waals surface area contributed by atoms with E-state index in [1.165, 1.54) is 6.42 Å². The topological polar surface area (TPSA) is 54.0 Å². The van der Waals surface area contributed by atoms with E-state index in [9.17, 15) is 4.79 Å². The fourth-order valence-corrected chi connectivity index (χ4v) is 2.22. The lowest BCUT2D eigenvalue weighted by Crippen LogP contribution is -2.24. The van der Waals surface area contributed by atoms with Crippen molar-refractivity contribution in [1.82, 2.24) is 0 Å². The first-order valence-corrected chi connectivity index (χ1v) is 7.86. The number of carbonyl (C=O) groups excluding carboxylic acids is 1. The molecular weight excluding hydrogens is 284 g/mol. The molecule has 1 atom stereocenters. The van der Waals surface area contributed by atoms with Crippen molar-refractivity contribution in [3.63, 3.8) is 0 Å². The molecular formula is C17H24O5. The van der Waals surface area contributed by atoms with Crippen LogP contribution >= 0.6 is 0 Å². The van der Waals surface area contributed by atoms with E-state index >= 15 is 0 Å². The van der Waals surface area contributed by atoms with Crippen LogP contribution in [0.15, 0.2) is 35.6 Å². The van der Waals surface area contributed by atoms with Crippen molar-refractivity contribution in [2.24, 2.45) is 0 Å². The molecule has 2 rings (SSSR count). The third-order valence-corrected chi connectivity index (χ3v) is 3.41. The predicted molar refractivity (Wildman–Crippen MR) is 82.3 cm³/mol. The molecule has 1 fully saturated rings. The normalized spacial score (nSPS) is 21.7. The quantitative estimate of drug-likeness (QED) is 0.484. The minimum Gasteiger partial charge on any atom is -0.492 e. The molecule has 5 heteroatoms. The van der Waals surface area contributed by atoms with E-state index in [1.807, 2.05) is 12.2 Å². The van der Waals surface area contributed by atoms with Gasteiger partial charge < -0.3 is 18.9 Å². The highest BCUT2D eigenvalue weighted by atomic mass is 16.7. The van der Waals surface area contributed by atoms with Crippen molar-refractivity contribution in [1.29, 1.82) is 0 Å². The van der Waals surface area contributed by atoms with Gasteiger partial charge in [-0.2, -0.15) is 0 Å². The zero-order chi connectivity index (χ0) is 15.5. The molecule has 0 spiro atoms. The Morgan fingerprint density at radius 3 is 2.86 bits per heavy atom. The molecule has 0 aromatic carbocycles. The molecule has 0 bridgehead atoms. The van der Waals surface area contributed by atoms with E-state index in [0.717, 1.165) is 31.5 Å². The van der Waals surface area contributed by atoms with Crippen molar-refractivity contribution in [2.45, 2.75) is 32.0 Å². The fourth-order valence-electron chi connectivity index (χ4n) is 2.22. The summed E-state index contributed by atoms with van der Waals surface area (Å²) in [4.78, 5) is 10.7. The maximum atomic E-state index is 10.7. The molecule has 1 saturated heterocycles. The highest BCUT2D eigenvalue weighted by Gasteiger charge is 2.13. The minimum absolute atomic E-state index is 0.0607. The Bertz CT molecular complexity index is 419. The van der Waals surface area contributed by atoms with Gasteiger partial charge in [0.05, 0.1) is 19.8 Å². The minimum atomic E-state index is -0.0607. The first kappa shape index (κ1) is 16.9. The lowest BCUT2D eigenvalue weighted by atomic mass is 10.2. The van der Waals surface area contributed by atoms with Gasteiger partial charge >= 0.3 is 0 Å². The van der Waals surface area contributed by atoms with Gasteiger partial charge in [0.1, 0.15) is 18.7 Å². The third kappa shape index (κ3) is 6.56. The number of hydrogen-bond acceptors (Lipinski definition) is 5. The van der Waals surface area contributed by atoms with E-state index in [2.05, 4.69) is 0 Å². The van der Waals surface area contributed by atoms with Crippen LogP contribution in [0.4, 0.5) is 0 Å². The maximum absolute atomic E-state index is 10.7. The van der Waals surface area contributed by atoms with E-state index in [1.54, 1.807) is 12.2 Å². The van der Waals surface area contributed by atoms with Crippen LogP contribution < -0.4 is 0 Å². The first-order valence-electron chi connectivity index (χ1n) is 7.86. The fraction of sp³-hybridized carbons (Fsp3) is 0.588. The van der Waals surface area contributed by atoms with Crippen LogP contribution in [0.2, 0.25) is 0 Å². The lowest BCUT2D eigenvalue weighted by molar-refractivity contribution is -0.169. The second-order valence-electron chi connectivity index (χ2n) is 5.13. The van der Waals surface area contributed by atoms with Crippen LogP contribution in [0.25, 0.3) is 0 Å². The van der Waals surface area contributed by atoms with Crippen molar-refractivity contribution >= 4 is 6.29 Å². The van der Waals surface area contributed by atoms with Crippen LogP contribution in [0.1, 0.15) is 25.7 Å². The Morgan fingerprint density at radius 1 is 1.14 bits per heavy atom. The largest absolute Gasteiger partial charge is 0.492 e. The maximum Gasteiger partial charge on any atom is 0.157 e. The number of aldehydes is 1. The van der Waals surface area contributed by atoms with Gasteiger partial charge in [0.25, 0.3) is 0 Å². The van der Waals surface area contributed by atoms with Crippen LogP contribution in [0, 0.1) is 0 Å². The Kier molecular flexibility index (Phi) is 7.94. The van der Waals surface area contributed by atoms with Gasteiger partial charge in [-0.25, -0.2) is 0 Å². The third-order valence-electron chi connectivity index (χ3n) is 3.41. The molecule has 0 aromatic heterocycles. The molecule has 2 aliphatic rings. The van der Waals surface area contributed by atoms with Gasteiger partial charge in [0.15, 0.2) is 6.29 Å². The van der Waals surface area contributed by atoms with Crippen LogP contribution in [0.3, 0.4) is 0 Å². The zero-order valence-electron chi connectivity index (χ0n) is 12.9. The van der Waals surface area contributed by atoms with Gasteiger partial charge in [-0.1, -0.05) is 6.08 Å². The zero-order valence-corrected chi connectivity index (χ0v) is 12.9. The van der Waals surface area contributed by atoms with Crippen molar-refractivity contribution in [3.05, 3.63) is 35.6 Å². The molecule has 0 aromatic rings. The highest BCUT2D eigenvalue weighted by molar-refractivity contribution is 5.77. The molecule has 0 N–H and O–H groups in total. The van der Waals surface area contributed by atoms with Crippen molar-refractivity contribution in [2.75, 3.05) is 33.0 Å². The van der Waals surface area contributed by atoms with Crippen molar-refractivity contribution in [3.8, 4) is 0 Å². The standard InChI is InChI=1S/C17H24O5/c18-14-15-4-3-5-16(8-7-15)20-12-10-19-11-13-22-17-6-1-2-9-21-17/h4-5,7-8,14,17H,1-3,6,9-13H2. The smallest absolute Gasteiger partial charge is 0.157 e. The van der Waals surface area contributed by atoms with E-state index in [4.69, 9.17) is 18.9 Å². The summed E-state index contributed by atoms with van der Waals surface area (Å²) >= 11 is 0. The number of ether oxygens (including phenoxy) is 4. The molecule has 1 aliphatic heterocycles. The monoisotopic (exact) mass is 308 g/mol. The van der Waals surface area contributed by atoms with Crippen LogP contribution in [-0.4, -0.2) is 45.6 Å². The average molecular weight is 308 g/mol. The molecule has 0 saturated carbocycles. The number of rotatable bonds is 9. The Morgan fingerprint density at radius 2 is 2.05 bits per heavy atom. The average Bonchev–Trinajstić information content (AvgIpc) is 2.80. The van der Waals surface area contributed by atoms with Gasteiger partial charge in [0, 0.05) is 12.2 Å². The van der Waals surface area contributed by atoms with Gasteiger partial charge in [-0.15, -0.1) is 0 Å². The molecule has 1 heterocycles. The molecule has 1 unspecified atom stereocenters. The number of carbonyl (C=O) groups is 1. The molecule has 122 valence electrons. The summed E-state index contributed by atoms with van der Waals surface area (Å²) in [6.45, 7) is 2.86. The molecule has 5 nitrogen and oxygen atoms in total. The Balaban J connectivity index is 1.47. The van der Waals surface area contributed by atoms with Crippen LogP contribution in [-0.2, 0) is 23.7 Å². The van der Waals surface area contributed by atoms with E-state index in [0.29, 0.717) is 38.4 Å². The van der Waals surface area contributed by atoms with E-state index < -0.39 is 0 Å². The second kappa shape index (κ2) is 10.3. The molecule has 22 heavy (non-hydrogen) atoms. The van der Waals surface area contributed by atoms with Gasteiger partial charge in [0.2, 0.25) is 0 Å². The Labute approximate surface area is 131 Å². The molecule has 0 radical (unpaired) electrons. The summed E-state index contributed by atoms with van der Waals surface area (Å²) < 4.78 is 22.1. The summed E-state index contributed by atoms with van der Waals surface area (Å²) in [6.07, 6.45) is 12.1. The highest BCUT2D eigenvalue weighted by Crippen LogP contribution is 2.13. The summed E-state index contributed by atoms with van der Waals surface area (Å²) in [5.74, 6) is 0.767. The predicted octanol–water partition coefficient (Wildman–Crippen LogP) is 2.53. The summed E-state index contributed by atoms with van der Waals surface area (Å²) in [5, 5.41) is 0. The summed E-state index contributed by atoms with van der Waals surface area (Å²) in [6, 6.07) is 0. The van der Waals surface area contributed by atoms with Gasteiger partial charge in [-0.3, -0.25) is 4.79 Å².